The summed E-state index contributed by atoms with van der Waals surface area (Å²) in [4.78, 5) is 26.9. The van der Waals surface area contributed by atoms with Crippen molar-refractivity contribution < 1.29 is 93.8 Å². The van der Waals surface area contributed by atoms with Crippen LogP contribution in [0.2, 0.25) is 0 Å². The monoisotopic (exact) mass is 900 g/mol. The summed E-state index contributed by atoms with van der Waals surface area (Å²) in [5, 5.41) is 104. The number of rotatable bonds is 13. The van der Waals surface area contributed by atoms with E-state index in [1.54, 1.807) is 0 Å². The van der Waals surface area contributed by atoms with Gasteiger partial charge in [0, 0.05) is 18.3 Å². The molecule has 0 amide bonds. The van der Waals surface area contributed by atoms with E-state index >= 15 is 0 Å². The molecule has 0 spiro atoms. The lowest BCUT2D eigenvalue weighted by Crippen LogP contribution is -2.63. The first-order chi connectivity index (χ1) is 29.7. The van der Waals surface area contributed by atoms with Crippen molar-refractivity contribution in [3.8, 4) is 0 Å². The van der Waals surface area contributed by atoms with Gasteiger partial charge < -0.3 is 84.2 Å². The summed E-state index contributed by atoms with van der Waals surface area (Å²) in [5.74, 6) is -1.13. The Morgan fingerprint density at radius 3 is 2.24 bits per heavy atom. The molecule has 0 aromatic heterocycles. The normalized spacial score (nSPS) is 49.8. The Morgan fingerprint density at radius 2 is 1.54 bits per heavy atom. The molecule has 3 heterocycles. The van der Waals surface area contributed by atoms with E-state index in [-0.39, 0.29) is 56.0 Å². The van der Waals surface area contributed by atoms with Gasteiger partial charge in [0.15, 0.2) is 18.9 Å². The van der Waals surface area contributed by atoms with Crippen molar-refractivity contribution in [1.29, 1.82) is 0 Å². The molecule has 23 atom stereocenters. The molecular formula is C44H68O19. The Balaban J connectivity index is 1.03. The topological polar surface area (TPSA) is 301 Å². The fourth-order valence-corrected chi connectivity index (χ4v) is 12.2. The van der Waals surface area contributed by atoms with Crippen molar-refractivity contribution >= 4 is 11.8 Å². The summed E-state index contributed by atoms with van der Waals surface area (Å²) < 4.78 is 41.4. The van der Waals surface area contributed by atoms with Gasteiger partial charge in [-0.1, -0.05) is 37.6 Å². The van der Waals surface area contributed by atoms with Crippen molar-refractivity contribution in [1.82, 2.24) is 0 Å². The second-order valence-corrected chi connectivity index (χ2v) is 19.5. The summed E-state index contributed by atoms with van der Waals surface area (Å²) >= 11 is 0. The van der Waals surface area contributed by atoms with Crippen LogP contribution in [0.15, 0.2) is 23.8 Å². The minimum atomic E-state index is -1.69. The van der Waals surface area contributed by atoms with Crippen LogP contribution in [0.5, 0.6) is 0 Å². The largest absolute Gasteiger partial charge is 0.462 e. The van der Waals surface area contributed by atoms with Gasteiger partial charge in [0.1, 0.15) is 72.9 Å². The third kappa shape index (κ3) is 9.21. The van der Waals surface area contributed by atoms with E-state index in [1.165, 1.54) is 13.8 Å². The van der Waals surface area contributed by atoms with Crippen molar-refractivity contribution in [2.45, 2.75) is 183 Å². The van der Waals surface area contributed by atoms with Crippen molar-refractivity contribution in [2.24, 2.45) is 34.5 Å². The summed E-state index contributed by atoms with van der Waals surface area (Å²) in [5.41, 5.74) is 0.327. The van der Waals surface area contributed by atoms with Gasteiger partial charge >= 0.3 is 5.97 Å². The molecule has 3 saturated heterocycles. The van der Waals surface area contributed by atoms with Gasteiger partial charge in [0.05, 0.1) is 44.1 Å². The number of ketones is 1. The lowest BCUT2D eigenvalue weighted by molar-refractivity contribution is -0.362. The molecule has 0 radical (unpaired) electrons. The maximum absolute atomic E-state index is 13.5. The summed E-state index contributed by atoms with van der Waals surface area (Å²) in [6, 6.07) is 0. The molecule has 0 aromatic carbocycles. The molecule has 0 bridgehead atoms. The minimum Gasteiger partial charge on any atom is -0.462 e. The molecule has 3 aliphatic heterocycles. The number of ether oxygens (including phenoxy) is 7. The van der Waals surface area contributed by atoms with Crippen molar-refractivity contribution in [2.75, 3.05) is 19.8 Å². The van der Waals surface area contributed by atoms with Gasteiger partial charge in [-0.15, -0.1) is 0 Å². The van der Waals surface area contributed by atoms with Gasteiger partial charge in [-0.25, -0.2) is 0 Å². The predicted octanol–water partition coefficient (Wildman–Crippen LogP) is -1.52. The van der Waals surface area contributed by atoms with E-state index in [1.807, 2.05) is 0 Å². The van der Waals surface area contributed by atoms with Crippen LogP contribution in [0.3, 0.4) is 0 Å². The van der Waals surface area contributed by atoms with Gasteiger partial charge in [0.25, 0.3) is 0 Å². The van der Waals surface area contributed by atoms with Crippen LogP contribution >= 0.6 is 0 Å². The van der Waals surface area contributed by atoms with E-state index in [4.69, 9.17) is 33.2 Å². The Labute approximate surface area is 366 Å². The molecule has 10 N–H and O–H groups in total. The highest BCUT2D eigenvalue weighted by atomic mass is 16.8. The number of esters is 1. The number of carbonyl (C=O) groups is 2. The van der Waals surface area contributed by atoms with Gasteiger partial charge in [-0.05, 0) is 75.5 Å². The molecular weight excluding hydrogens is 832 g/mol. The number of aliphatic hydroxyl groups excluding tert-OH is 10. The quantitative estimate of drug-likeness (QED) is 0.0741. The third-order valence-electron chi connectivity index (χ3n) is 15.7. The highest BCUT2D eigenvalue weighted by molar-refractivity contribution is 5.81. The zero-order valence-corrected chi connectivity index (χ0v) is 36.3. The summed E-state index contributed by atoms with van der Waals surface area (Å²) in [7, 11) is 0. The molecule has 0 unspecified atom stereocenters. The van der Waals surface area contributed by atoms with Crippen molar-refractivity contribution in [3.05, 3.63) is 23.8 Å². The molecule has 4 aliphatic carbocycles. The van der Waals surface area contributed by atoms with Crippen LogP contribution in [0, 0.1) is 34.5 Å². The van der Waals surface area contributed by atoms with Gasteiger partial charge in [-0.3, -0.25) is 9.59 Å². The molecule has 7 rings (SSSR count). The molecule has 19 nitrogen and oxygen atoms in total. The van der Waals surface area contributed by atoms with E-state index in [2.05, 4.69) is 26.5 Å². The first-order valence-electron chi connectivity index (χ1n) is 22.4. The Hall–Kier alpha value is -2.02. The highest BCUT2D eigenvalue weighted by Crippen LogP contribution is 2.67. The van der Waals surface area contributed by atoms with Crippen LogP contribution in [-0.2, 0) is 42.7 Å². The van der Waals surface area contributed by atoms with Gasteiger partial charge in [0.2, 0.25) is 0 Å². The molecule has 0 aromatic rings. The first-order valence-corrected chi connectivity index (χ1v) is 22.4. The maximum atomic E-state index is 13.5. The van der Waals surface area contributed by atoms with Crippen LogP contribution in [0.1, 0.15) is 79.1 Å². The average Bonchev–Trinajstić information content (AvgIpc) is 3.54. The zero-order valence-electron chi connectivity index (χ0n) is 36.3. The Morgan fingerprint density at radius 1 is 0.841 bits per heavy atom. The number of hydrogen-bond donors (Lipinski definition) is 10. The number of allylic oxidation sites excluding steroid dienone is 1. The fraction of sp³-hybridized carbons (Fsp3) is 0.864. The summed E-state index contributed by atoms with van der Waals surface area (Å²) in [6.07, 6.45) is -16.7. The van der Waals surface area contributed by atoms with Crippen LogP contribution in [0.25, 0.3) is 0 Å². The molecule has 6 fully saturated rings. The van der Waals surface area contributed by atoms with Crippen LogP contribution in [0.4, 0.5) is 0 Å². The standard InChI is InChI=1S/C44H68O19/c1-18(16-57-40-37(55)36(54)34(52)28(15-45)61-40)6-9-30(49)60-27-14-25-23-8-7-21-12-22(47)13-29(44(21,5)24(23)10-11-43(25,4)31(27)19(2)46)62-42-39(33(51)26(48)17-58-42)63-41-38(56)35(53)32(50)20(3)59-41/h7,20,22-29,31-42,45,47-48,50-56H,1,6,8-17H2,2-5H3/t20-,22+,23+,24-,25-,26-,27-,28+,29+,31-,32-,33-,34+,35+,36-,37+,38+,39+,40+,41-,42-,43-,44-/m0/s1. The molecule has 358 valence electrons. The van der Waals surface area contributed by atoms with Crippen LogP contribution < -0.4 is 0 Å². The smallest absolute Gasteiger partial charge is 0.306 e. The lowest BCUT2D eigenvalue weighted by Gasteiger charge is -2.60. The summed E-state index contributed by atoms with van der Waals surface area (Å²) in [6.45, 7) is 10.1. The zero-order chi connectivity index (χ0) is 45.9. The molecule has 63 heavy (non-hydrogen) atoms. The van der Waals surface area contributed by atoms with Crippen LogP contribution in [-0.4, -0.2) is 187 Å². The molecule has 19 heteroatoms. The number of fused-ring (bicyclic) bond motifs is 5. The predicted molar refractivity (Wildman–Crippen MR) is 214 cm³/mol. The highest BCUT2D eigenvalue weighted by Gasteiger charge is 2.65. The second-order valence-electron chi connectivity index (χ2n) is 19.5. The number of carbonyl (C=O) groups excluding carboxylic acids is 2. The lowest BCUT2D eigenvalue weighted by atomic mass is 9.46. The van der Waals surface area contributed by atoms with E-state index < -0.39 is 134 Å². The molecule has 7 aliphatic rings. The average molecular weight is 901 g/mol. The fourth-order valence-electron chi connectivity index (χ4n) is 12.2. The third-order valence-corrected chi connectivity index (χ3v) is 15.7. The van der Waals surface area contributed by atoms with E-state index in [9.17, 15) is 60.7 Å². The van der Waals surface area contributed by atoms with Crippen molar-refractivity contribution in [3.63, 3.8) is 0 Å². The molecule has 3 saturated carbocycles. The Kier molecular flexibility index (Phi) is 15.0. The van der Waals surface area contributed by atoms with Gasteiger partial charge in [-0.2, -0.15) is 0 Å². The number of Topliss-reactive ketones (excluding diaryl/α,β-unsaturated/α-hetero) is 1. The SMILES string of the molecule is C=C(CCC(=O)O[C@H]1C[C@H]2[C@@H]3CC=C4C[C@@H](O)C[C@@H](O[C@@H]5OC[C@H](O)[C@H](O)[C@H]5O[C@@H]5O[C@@H](C)[C@H](O)[C@@H](O)[C@H]5O)[C@]4(C)[C@H]3CC[C@]2(C)[C@H]1C(C)=O)CO[C@@H]1O[C@H](CO)[C@@H](O)[C@H](O)[C@H]1O. The minimum absolute atomic E-state index is 0.00149. The maximum Gasteiger partial charge on any atom is 0.306 e. The second kappa shape index (κ2) is 19.3. The van der Waals surface area contributed by atoms with E-state index in [0.29, 0.717) is 37.7 Å². The first kappa shape index (κ1) is 48.9. The van der Waals surface area contributed by atoms with E-state index in [0.717, 1.165) is 5.57 Å². The Bertz CT molecular complexity index is 1680. The number of hydrogen-bond acceptors (Lipinski definition) is 19. The number of aliphatic hydroxyl groups is 10.